The molecule has 0 aliphatic rings. The van der Waals surface area contributed by atoms with Crippen molar-refractivity contribution in [3.63, 3.8) is 0 Å². The first-order chi connectivity index (χ1) is 5.83. The molecule has 0 radical (unpaired) electrons. The fraction of sp³-hybridized carbons (Fsp3) is 0.375. The Morgan fingerprint density at radius 2 is 2.42 bits per heavy atom. The standard InChI is InChI=1S/C8H13N3S/c1-10-4-5-12-7-2-3-8(9)11-6-7/h2-3,6,10H,4-5H2,1H3,(H2,9,11). The van der Waals surface area contributed by atoms with E-state index in [1.165, 1.54) is 4.90 Å². The maximum Gasteiger partial charge on any atom is 0.123 e. The van der Waals surface area contributed by atoms with Gasteiger partial charge in [-0.1, -0.05) is 0 Å². The van der Waals surface area contributed by atoms with Gasteiger partial charge in [0, 0.05) is 23.4 Å². The molecule has 0 aromatic carbocycles. The Balaban J connectivity index is 2.37. The minimum absolute atomic E-state index is 0.577. The summed E-state index contributed by atoms with van der Waals surface area (Å²) in [5.41, 5.74) is 5.45. The van der Waals surface area contributed by atoms with Gasteiger partial charge < -0.3 is 11.1 Å². The van der Waals surface area contributed by atoms with E-state index < -0.39 is 0 Å². The van der Waals surface area contributed by atoms with Crippen LogP contribution in [0.15, 0.2) is 23.2 Å². The van der Waals surface area contributed by atoms with Crippen molar-refractivity contribution in [3.8, 4) is 0 Å². The van der Waals surface area contributed by atoms with Crippen molar-refractivity contribution in [2.45, 2.75) is 4.90 Å². The first-order valence-electron chi connectivity index (χ1n) is 3.82. The Morgan fingerprint density at radius 3 is 3.00 bits per heavy atom. The molecule has 1 heterocycles. The zero-order valence-corrected chi connectivity index (χ0v) is 7.90. The highest BCUT2D eigenvalue weighted by Crippen LogP contribution is 2.16. The number of thioether (sulfide) groups is 1. The molecule has 0 fully saturated rings. The van der Waals surface area contributed by atoms with Gasteiger partial charge in [-0.15, -0.1) is 11.8 Å². The number of rotatable bonds is 4. The van der Waals surface area contributed by atoms with Gasteiger partial charge in [-0.3, -0.25) is 0 Å². The average molecular weight is 183 g/mol. The SMILES string of the molecule is CNCCSc1ccc(N)nc1. The van der Waals surface area contributed by atoms with Gasteiger partial charge in [-0.2, -0.15) is 0 Å². The molecule has 3 N–H and O–H groups in total. The summed E-state index contributed by atoms with van der Waals surface area (Å²) in [6.45, 7) is 1.01. The second kappa shape index (κ2) is 5.00. The van der Waals surface area contributed by atoms with Crippen LogP contribution in [0.2, 0.25) is 0 Å². The normalized spacial score (nSPS) is 10.1. The first-order valence-corrected chi connectivity index (χ1v) is 4.80. The van der Waals surface area contributed by atoms with Gasteiger partial charge in [0.1, 0.15) is 5.82 Å². The predicted molar refractivity (Wildman–Crippen MR) is 53.3 cm³/mol. The van der Waals surface area contributed by atoms with Crippen LogP contribution in [0.3, 0.4) is 0 Å². The molecule has 0 atom stereocenters. The number of nitrogens with two attached hydrogens (primary N) is 1. The van der Waals surface area contributed by atoms with E-state index in [-0.39, 0.29) is 0 Å². The Hall–Kier alpha value is -0.740. The molecule has 4 heteroatoms. The smallest absolute Gasteiger partial charge is 0.123 e. The lowest BCUT2D eigenvalue weighted by Gasteiger charge is -2.00. The second-order valence-corrected chi connectivity index (χ2v) is 3.54. The third-order valence-corrected chi connectivity index (χ3v) is 2.36. The molecule has 0 aliphatic heterocycles. The highest BCUT2D eigenvalue weighted by Gasteiger charge is 1.92. The van der Waals surface area contributed by atoms with Crippen LogP contribution in [0.4, 0.5) is 5.82 Å². The summed E-state index contributed by atoms with van der Waals surface area (Å²) >= 11 is 1.77. The summed E-state index contributed by atoms with van der Waals surface area (Å²) in [6, 6.07) is 3.81. The zero-order chi connectivity index (χ0) is 8.81. The van der Waals surface area contributed by atoms with Gasteiger partial charge in [-0.05, 0) is 19.2 Å². The van der Waals surface area contributed by atoms with E-state index in [0.717, 1.165) is 12.3 Å². The lowest BCUT2D eigenvalue weighted by molar-refractivity contribution is 0.872. The molecule has 1 rings (SSSR count). The Labute approximate surface area is 76.8 Å². The molecule has 0 aliphatic carbocycles. The van der Waals surface area contributed by atoms with E-state index in [9.17, 15) is 0 Å². The number of hydrogen-bond donors (Lipinski definition) is 2. The lowest BCUT2D eigenvalue weighted by Crippen LogP contribution is -2.09. The van der Waals surface area contributed by atoms with Crippen LogP contribution in [0.5, 0.6) is 0 Å². The molecule has 3 nitrogen and oxygen atoms in total. The first kappa shape index (κ1) is 9.35. The topological polar surface area (TPSA) is 50.9 Å². The van der Waals surface area contributed by atoms with Crippen LogP contribution in [0.25, 0.3) is 0 Å². The van der Waals surface area contributed by atoms with Crippen LogP contribution in [-0.2, 0) is 0 Å². The lowest BCUT2D eigenvalue weighted by atomic mass is 10.5. The highest BCUT2D eigenvalue weighted by molar-refractivity contribution is 7.99. The van der Waals surface area contributed by atoms with E-state index in [1.807, 2.05) is 19.2 Å². The number of anilines is 1. The van der Waals surface area contributed by atoms with Gasteiger partial charge in [0.05, 0.1) is 0 Å². The Morgan fingerprint density at radius 1 is 1.58 bits per heavy atom. The van der Waals surface area contributed by atoms with E-state index >= 15 is 0 Å². The summed E-state index contributed by atoms with van der Waals surface area (Å²) in [5, 5.41) is 3.08. The molecular formula is C8H13N3S. The summed E-state index contributed by atoms with van der Waals surface area (Å²) in [6.07, 6.45) is 1.80. The maximum atomic E-state index is 5.45. The van der Waals surface area contributed by atoms with Crippen molar-refractivity contribution in [3.05, 3.63) is 18.3 Å². The molecule has 66 valence electrons. The minimum atomic E-state index is 0.577. The van der Waals surface area contributed by atoms with Crippen LogP contribution >= 0.6 is 11.8 Å². The van der Waals surface area contributed by atoms with Crippen molar-refractivity contribution < 1.29 is 0 Å². The number of pyridine rings is 1. The minimum Gasteiger partial charge on any atom is -0.384 e. The molecule has 0 saturated heterocycles. The number of nitrogens with zero attached hydrogens (tertiary/aromatic N) is 1. The molecule has 0 spiro atoms. The summed E-state index contributed by atoms with van der Waals surface area (Å²) in [5.74, 6) is 1.63. The maximum absolute atomic E-state index is 5.45. The Bertz CT molecular complexity index is 222. The quantitative estimate of drug-likeness (QED) is 0.539. The molecular weight excluding hydrogens is 170 g/mol. The van der Waals surface area contributed by atoms with Gasteiger partial charge in [-0.25, -0.2) is 4.98 Å². The van der Waals surface area contributed by atoms with Crippen LogP contribution in [0, 0.1) is 0 Å². The van der Waals surface area contributed by atoms with Crippen molar-refractivity contribution in [2.75, 3.05) is 25.1 Å². The third kappa shape index (κ3) is 3.11. The molecule has 0 unspecified atom stereocenters. The number of aromatic nitrogens is 1. The van der Waals surface area contributed by atoms with E-state index in [2.05, 4.69) is 10.3 Å². The molecule has 1 aromatic rings. The predicted octanol–water partition coefficient (Wildman–Crippen LogP) is 0.975. The largest absolute Gasteiger partial charge is 0.384 e. The van der Waals surface area contributed by atoms with Gasteiger partial charge >= 0.3 is 0 Å². The Kier molecular flexibility index (Phi) is 3.90. The molecule has 0 amide bonds. The van der Waals surface area contributed by atoms with E-state index in [1.54, 1.807) is 18.0 Å². The highest BCUT2D eigenvalue weighted by atomic mass is 32.2. The zero-order valence-electron chi connectivity index (χ0n) is 7.08. The fourth-order valence-corrected chi connectivity index (χ4v) is 1.58. The van der Waals surface area contributed by atoms with E-state index in [4.69, 9.17) is 5.73 Å². The number of nitrogen functional groups attached to an aromatic ring is 1. The van der Waals surface area contributed by atoms with E-state index in [0.29, 0.717) is 5.82 Å². The van der Waals surface area contributed by atoms with Crippen LogP contribution in [0.1, 0.15) is 0 Å². The average Bonchev–Trinajstić information content (AvgIpc) is 2.09. The van der Waals surface area contributed by atoms with Crippen molar-refractivity contribution >= 4 is 17.6 Å². The van der Waals surface area contributed by atoms with Crippen LogP contribution < -0.4 is 11.1 Å². The fourth-order valence-electron chi connectivity index (χ4n) is 0.748. The molecule has 0 saturated carbocycles. The molecule has 1 aromatic heterocycles. The summed E-state index contributed by atoms with van der Waals surface area (Å²) < 4.78 is 0. The van der Waals surface area contributed by atoms with Crippen molar-refractivity contribution in [2.24, 2.45) is 0 Å². The number of hydrogen-bond acceptors (Lipinski definition) is 4. The second-order valence-electron chi connectivity index (χ2n) is 2.37. The van der Waals surface area contributed by atoms with Crippen molar-refractivity contribution in [1.82, 2.24) is 10.3 Å². The van der Waals surface area contributed by atoms with Crippen LogP contribution in [-0.4, -0.2) is 24.3 Å². The summed E-state index contributed by atoms with van der Waals surface area (Å²) in [4.78, 5) is 5.16. The third-order valence-electron chi connectivity index (χ3n) is 1.38. The number of nitrogens with one attached hydrogen (secondary N) is 1. The monoisotopic (exact) mass is 183 g/mol. The van der Waals surface area contributed by atoms with Crippen molar-refractivity contribution in [1.29, 1.82) is 0 Å². The molecule has 12 heavy (non-hydrogen) atoms. The van der Waals surface area contributed by atoms with Gasteiger partial charge in [0.2, 0.25) is 0 Å². The van der Waals surface area contributed by atoms with Gasteiger partial charge in [0.25, 0.3) is 0 Å². The van der Waals surface area contributed by atoms with Gasteiger partial charge in [0.15, 0.2) is 0 Å². The molecule has 0 bridgehead atoms. The summed E-state index contributed by atoms with van der Waals surface area (Å²) in [7, 11) is 1.95.